The minimum atomic E-state index is -0.194. The molecule has 0 saturated carbocycles. The number of Topliss-reactive ketones (excluding diaryl/α,β-unsaturated/α-hetero) is 1. The van der Waals surface area contributed by atoms with Gasteiger partial charge in [-0.05, 0) is 86.2 Å². The number of aryl methyl sites for hydroxylation is 1. The third-order valence-corrected chi connectivity index (χ3v) is 8.52. The van der Waals surface area contributed by atoms with Gasteiger partial charge in [0, 0.05) is 56.4 Å². The summed E-state index contributed by atoms with van der Waals surface area (Å²) in [5, 5.41) is 12.4. The molecule has 0 aliphatic carbocycles. The highest BCUT2D eigenvalue weighted by atomic mass is 16.5. The fourth-order valence-corrected chi connectivity index (χ4v) is 5.80. The van der Waals surface area contributed by atoms with E-state index in [0.29, 0.717) is 54.1 Å². The molecular weight excluding hydrogens is 542 g/mol. The van der Waals surface area contributed by atoms with Crippen LogP contribution in [0.1, 0.15) is 73.6 Å². The van der Waals surface area contributed by atoms with Gasteiger partial charge in [-0.3, -0.25) is 24.3 Å². The van der Waals surface area contributed by atoms with Crippen LogP contribution in [0.4, 0.5) is 0 Å². The van der Waals surface area contributed by atoms with Crippen LogP contribution >= 0.6 is 0 Å². The van der Waals surface area contributed by atoms with E-state index in [1.165, 1.54) is 6.20 Å². The van der Waals surface area contributed by atoms with Crippen LogP contribution in [0.5, 0.6) is 5.75 Å². The zero-order valence-electron chi connectivity index (χ0n) is 24.7. The van der Waals surface area contributed by atoms with Crippen LogP contribution in [0.2, 0.25) is 0 Å². The maximum atomic E-state index is 13.1. The molecule has 2 aromatic carbocycles. The van der Waals surface area contributed by atoms with Crippen LogP contribution in [0, 0.1) is 24.2 Å². The molecule has 0 bridgehead atoms. The summed E-state index contributed by atoms with van der Waals surface area (Å²) in [5.74, 6) is 0.294. The van der Waals surface area contributed by atoms with Gasteiger partial charge in [-0.1, -0.05) is 12.1 Å². The minimum Gasteiger partial charge on any atom is -0.497 e. The van der Waals surface area contributed by atoms with Gasteiger partial charge in [0.1, 0.15) is 11.4 Å². The van der Waals surface area contributed by atoms with Gasteiger partial charge in [0.15, 0.2) is 5.78 Å². The van der Waals surface area contributed by atoms with Crippen molar-refractivity contribution >= 4 is 17.6 Å². The molecule has 1 N–H and O–H groups in total. The number of nitrogens with one attached hydrogen (secondary N) is 1. The number of piperidine rings is 2. The molecule has 2 fully saturated rings. The number of amides is 2. The Morgan fingerprint density at radius 3 is 2.28 bits per heavy atom. The van der Waals surface area contributed by atoms with Crippen molar-refractivity contribution in [3.05, 3.63) is 94.3 Å². The first-order valence-corrected chi connectivity index (χ1v) is 14.8. The van der Waals surface area contributed by atoms with Crippen molar-refractivity contribution in [3.8, 4) is 11.8 Å². The number of aromatic nitrogens is 1. The van der Waals surface area contributed by atoms with Crippen LogP contribution in [-0.2, 0) is 6.54 Å². The number of carbonyl (C=O) groups is 3. The molecular formula is C34H37N5O4. The number of likely N-dealkylation sites (tertiary alicyclic amines) is 2. The van der Waals surface area contributed by atoms with E-state index in [-0.39, 0.29) is 29.6 Å². The third kappa shape index (κ3) is 7.27. The van der Waals surface area contributed by atoms with Gasteiger partial charge >= 0.3 is 0 Å². The number of pyridine rings is 1. The van der Waals surface area contributed by atoms with Gasteiger partial charge in [0.05, 0.1) is 24.3 Å². The smallest absolute Gasteiger partial charge is 0.272 e. The highest BCUT2D eigenvalue weighted by molar-refractivity contribution is 5.99. The Balaban J connectivity index is 1.07. The van der Waals surface area contributed by atoms with Crippen molar-refractivity contribution in [1.82, 2.24) is 20.1 Å². The van der Waals surface area contributed by atoms with E-state index < -0.39 is 0 Å². The Morgan fingerprint density at radius 1 is 0.953 bits per heavy atom. The zero-order valence-corrected chi connectivity index (χ0v) is 24.7. The summed E-state index contributed by atoms with van der Waals surface area (Å²) < 4.78 is 5.17. The number of methoxy groups -OCH3 is 1. The standard InChI is InChI=1S/C34H37N5O4/c1-23-3-4-24(19-28(23)20-35)22-38-15-13-29(14-16-38)37-33(41)27-7-10-31(36-21-27)34(42)39-17-11-26(12-18-39)32(40)25-5-8-30(43-2)9-6-25/h3-10,19,21,26,29H,11-18,22H2,1-2H3,(H,37,41). The van der Waals surface area contributed by atoms with E-state index in [0.717, 1.165) is 43.6 Å². The molecule has 3 heterocycles. The highest BCUT2D eigenvalue weighted by Crippen LogP contribution is 2.24. The Hall–Kier alpha value is -4.55. The molecule has 9 heteroatoms. The number of hydrogen-bond acceptors (Lipinski definition) is 7. The molecule has 2 saturated heterocycles. The maximum absolute atomic E-state index is 13.1. The Kier molecular flexibility index (Phi) is 9.48. The molecule has 0 spiro atoms. The van der Waals surface area contributed by atoms with Gasteiger partial charge in [-0.25, -0.2) is 0 Å². The van der Waals surface area contributed by atoms with Crippen LogP contribution in [0.15, 0.2) is 60.8 Å². The normalized spacial score (nSPS) is 16.3. The predicted octanol–water partition coefficient (Wildman–Crippen LogP) is 4.40. The highest BCUT2D eigenvalue weighted by Gasteiger charge is 2.29. The summed E-state index contributed by atoms with van der Waals surface area (Å²) in [6.07, 6.45) is 4.33. The van der Waals surface area contributed by atoms with Gasteiger partial charge in [-0.2, -0.15) is 5.26 Å². The monoisotopic (exact) mass is 579 g/mol. The van der Waals surface area contributed by atoms with E-state index in [9.17, 15) is 19.6 Å². The first-order chi connectivity index (χ1) is 20.8. The first kappa shape index (κ1) is 29.9. The van der Waals surface area contributed by atoms with Crippen molar-refractivity contribution in [2.75, 3.05) is 33.3 Å². The molecule has 3 aromatic rings. The van der Waals surface area contributed by atoms with Gasteiger partial charge in [-0.15, -0.1) is 0 Å². The lowest BCUT2D eigenvalue weighted by atomic mass is 9.88. The van der Waals surface area contributed by atoms with Gasteiger partial charge in [0.25, 0.3) is 11.8 Å². The average Bonchev–Trinajstić information content (AvgIpc) is 3.06. The van der Waals surface area contributed by atoms with Crippen molar-refractivity contribution in [3.63, 3.8) is 0 Å². The fourth-order valence-electron chi connectivity index (χ4n) is 5.80. The zero-order chi connectivity index (χ0) is 30.3. The van der Waals surface area contributed by atoms with E-state index in [1.807, 2.05) is 19.1 Å². The second-order valence-electron chi connectivity index (χ2n) is 11.4. The molecule has 0 radical (unpaired) electrons. The van der Waals surface area contributed by atoms with E-state index >= 15 is 0 Å². The number of benzene rings is 2. The molecule has 5 rings (SSSR count). The number of carbonyl (C=O) groups excluding carboxylic acids is 3. The SMILES string of the molecule is COc1ccc(C(=O)C2CCN(C(=O)c3ccc(C(=O)NC4CCN(Cc5ccc(C)c(C#N)c5)CC4)cn3)CC2)cc1. The summed E-state index contributed by atoms with van der Waals surface area (Å²) >= 11 is 0. The average molecular weight is 580 g/mol. The van der Waals surface area contributed by atoms with Crippen LogP contribution in [-0.4, -0.2) is 71.7 Å². The summed E-state index contributed by atoms with van der Waals surface area (Å²) in [6.45, 7) is 5.40. The van der Waals surface area contributed by atoms with Crippen molar-refractivity contribution in [2.45, 2.75) is 45.2 Å². The van der Waals surface area contributed by atoms with Gasteiger partial charge in [0.2, 0.25) is 0 Å². The van der Waals surface area contributed by atoms with E-state index in [1.54, 1.807) is 48.4 Å². The minimum absolute atomic E-state index is 0.0691. The lowest BCUT2D eigenvalue weighted by Gasteiger charge is -2.32. The van der Waals surface area contributed by atoms with Crippen LogP contribution in [0.3, 0.4) is 0 Å². The fraction of sp³-hybridized carbons (Fsp3) is 0.382. The predicted molar refractivity (Wildman–Crippen MR) is 162 cm³/mol. The second-order valence-corrected chi connectivity index (χ2v) is 11.4. The number of nitrogens with zero attached hydrogens (tertiary/aromatic N) is 4. The number of rotatable bonds is 8. The lowest BCUT2D eigenvalue weighted by Crippen LogP contribution is -2.44. The molecule has 0 unspecified atom stereocenters. The first-order valence-electron chi connectivity index (χ1n) is 14.8. The molecule has 222 valence electrons. The summed E-state index contributed by atoms with van der Waals surface area (Å²) in [5.41, 5.74) is 4.19. The topological polar surface area (TPSA) is 116 Å². The van der Waals surface area contributed by atoms with Crippen molar-refractivity contribution in [2.24, 2.45) is 5.92 Å². The maximum Gasteiger partial charge on any atom is 0.272 e. The van der Waals surface area contributed by atoms with E-state index in [4.69, 9.17) is 4.74 Å². The number of hydrogen-bond donors (Lipinski definition) is 1. The Bertz CT molecular complexity index is 1500. The molecule has 0 atom stereocenters. The molecule has 2 amide bonds. The molecule has 2 aliphatic rings. The quantitative estimate of drug-likeness (QED) is 0.393. The van der Waals surface area contributed by atoms with Gasteiger partial charge < -0.3 is 15.0 Å². The summed E-state index contributed by atoms with van der Waals surface area (Å²) in [7, 11) is 1.59. The number of ketones is 1. The third-order valence-electron chi connectivity index (χ3n) is 8.52. The molecule has 2 aliphatic heterocycles. The Morgan fingerprint density at radius 2 is 1.65 bits per heavy atom. The van der Waals surface area contributed by atoms with Crippen LogP contribution in [0.25, 0.3) is 0 Å². The summed E-state index contributed by atoms with van der Waals surface area (Å²) in [6, 6.07) is 18.7. The summed E-state index contributed by atoms with van der Waals surface area (Å²) in [4.78, 5) is 47.2. The largest absolute Gasteiger partial charge is 0.497 e. The lowest BCUT2D eigenvalue weighted by molar-refractivity contribution is 0.0645. The van der Waals surface area contributed by atoms with Crippen molar-refractivity contribution < 1.29 is 19.1 Å². The number of nitriles is 1. The second kappa shape index (κ2) is 13.6. The number of ether oxygens (including phenoxy) is 1. The van der Waals surface area contributed by atoms with Crippen molar-refractivity contribution in [1.29, 1.82) is 5.26 Å². The molecule has 43 heavy (non-hydrogen) atoms. The van der Waals surface area contributed by atoms with E-state index in [2.05, 4.69) is 27.3 Å². The Labute approximate surface area is 252 Å². The molecule has 9 nitrogen and oxygen atoms in total. The molecule has 1 aromatic heterocycles. The van der Waals surface area contributed by atoms with Crippen LogP contribution < -0.4 is 10.1 Å².